The molecule has 0 radical (unpaired) electrons. The average molecular weight is 382 g/mol. The fraction of sp³-hybridized carbons (Fsp3) is 0.905. The minimum Gasteiger partial charge on any atom is -0.383 e. The third-order valence-electron chi connectivity index (χ3n) is 6.24. The van der Waals surface area contributed by atoms with E-state index in [0.29, 0.717) is 25.6 Å². The summed E-state index contributed by atoms with van der Waals surface area (Å²) in [5.41, 5.74) is 0. The molecule has 1 saturated heterocycles. The molecule has 2 amide bonds. The van der Waals surface area contributed by atoms with Crippen LogP contribution in [0.4, 0.5) is 0 Å². The smallest absolute Gasteiger partial charge is 0.237 e. The Morgan fingerprint density at radius 2 is 1.67 bits per heavy atom. The third kappa shape index (κ3) is 6.46. The Morgan fingerprint density at radius 1 is 1.04 bits per heavy atom. The lowest BCUT2D eigenvalue weighted by Gasteiger charge is -2.38. The normalized spacial score (nSPS) is 19.5. The van der Waals surface area contributed by atoms with Crippen LogP contribution in [0.25, 0.3) is 0 Å². The molecule has 2 fully saturated rings. The van der Waals surface area contributed by atoms with Crippen LogP contribution in [0.3, 0.4) is 0 Å². The van der Waals surface area contributed by atoms with E-state index in [1.807, 2.05) is 9.80 Å². The van der Waals surface area contributed by atoms with E-state index in [-0.39, 0.29) is 17.9 Å². The van der Waals surface area contributed by atoms with Gasteiger partial charge in [0.25, 0.3) is 0 Å². The van der Waals surface area contributed by atoms with Gasteiger partial charge in [-0.2, -0.15) is 0 Å². The molecule has 1 aliphatic heterocycles. The van der Waals surface area contributed by atoms with Crippen LogP contribution in [0, 0.1) is 5.92 Å². The first-order valence-electron chi connectivity index (χ1n) is 10.9. The van der Waals surface area contributed by atoms with E-state index < -0.39 is 0 Å². The second-order valence-corrected chi connectivity index (χ2v) is 7.99. The number of hydrogen-bond donors (Lipinski definition) is 0. The Bertz CT molecular complexity index is 454. The van der Waals surface area contributed by atoms with Gasteiger partial charge in [-0.3, -0.25) is 14.5 Å². The summed E-state index contributed by atoms with van der Waals surface area (Å²) in [5, 5.41) is 0. The molecule has 0 N–H and O–H groups in total. The second kappa shape index (κ2) is 11.6. The lowest BCUT2D eigenvalue weighted by atomic mass is 9.88. The zero-order valence-electron chi connectivity index (χ0n) is 17.6. The zero-order valence-corrected chi connectivity index (χ0v) is 17.6. The number of carbonyl (C=O) groups excluding carboxylic acids is 2. The highest BCUT2D eigenvalue weighted by molar-refractivity contribution is 5.80. The van der Waals surface area contributed by atoms with Crippen LogP contribution in [0.1, 0.15) is 58.8 Å². The first-order chi connectivity index (χ1) is 13.1. The minimum absolute atomic E-state index is 0.188. The maximum atomic E-state index is 12.9. The van der Waals surface area contributed by atoms with Crippen molar-refractivity contribution < 1.29 is 14.3 Å². The lowest BCUT2D eigenvalue weighted by molar-refractivity contribution is -0.139. The van der Waals surface area contributed by atoms with Crippen LogP contribution < -0.4 is 0 Å². The van der Waals surface area contributed by atoms with Gasteiger partial charge in [0, 0.05) is 51.8 Å². The average Bonchev–Trinajstić information content (AvgIpc) is 2.71. The number of rotatable bonds is 9. The highest BCUT2D eigenvalue weighted by Crippen LogP contribution is 2.25. The number of methoxy groups -OCH3 is 1. The SMILES string of the molecule is CCC(CC)N(CCOC)C(=O)CN1CCN(C(=O)C2CCCCC2)CC1. The molecule has 2 rings (SSSR count). The summed E-state index contributed by atoms with van der Waals surface area (Å²) in [6.45, 7) is 9.06. The fourth-order valence-corrected chi connectivity index (χ4v) is 4.45. The molecule has 2 aliphatic rings. The van der Waals surface area contributed by atoms with Crippen molar-refractivity contribution in [2.24, 2.45) is 5.92 Å². The van der Waals surface area contributed by atoms with Crippen molar-refractivity contribution in [2.45, 2.75) is 64.8 Å². The van der Waals surface area contributed by atoms with Gasteiger partial charge >= 0.3 is 0 Å². The highest BCUT2D eigenvalue weighted by Gasteiger charge is 2.30. The Hall–Kier alpha value is -1.14. The van der Waals surface area contributed by atoms with E-state index in [1.165, 1.54) is 19.3 Å². The van der Waals surface area contributed by atoms with Crippen LogP contribution in [-0.4, -0.2) is 85.5 Å². The number of carbonyl (C=O) groups is 2. The first kappa shape index (κ1) is 22.2. The molecule has 27 heavy (non-hydrogen) atoms. The molecule has 0 spiro atoms. The summed E-state index contributed by atoms with van der Waals surface area (Å²) in [5.74, 6) is 0.776. The van der Waals surface area contributed by atoms with Crippen molar-refractivity contribution >= 4 is 11.8 Å². The van der Waals surface area contributed by atoms with Crippen LogP contribution in [0.5, 0.6) is 0 Å². The van der Waals surface area contributed by atoms with Gasteiger partial charge < -0.3 is 14.5 Å². The lowest BCUT2D eigenvalue weighted by Crippen LogP contribution is -2.54. The van der Waals surface area contributed by atoms with Gasteiger partial charge in [-0.05, 0) is 25.7 Å². The topological polar surface area (TPSA) is 53.1 Å². The maximum absolute atomic E-state index is 12.9. The van der Waals surface area contributed by atoms with Gasteiger partial charge in [0.05, 0.1) is 13.2 Å². The van der Waals surface area contributed by atoms with Crippen LogP contribution in [0.2, 0.25) is 0 Å². The molecular formula is C21H39N3O3. The van der Waals surface area contributed by atoms with Crippen molar-refractivity contribution in [3.8, 4) is 0 Å². The Morgan fingerprint density at radius 3 is 2.22 bits per heavy atom. The molecule has 6 heteroatoms. The summed E-state index contributed by atoms with van der Waals surface area (Å²) in [6.07, 6.45) is 7.71. The molecule has 6 nitrogen and oxygen atoms in total. The van der Waals surface area contributed by atoms with Gasteiger partial charge in [0.15, 0.2) is 0 Å². The Kier molecular flexibility index (Phi) is 9.56. The fourth-order valence-electron chi connectivity index (χ4n) is 4.45. The molecule has 156 valence electrons. The van der Waals surface area contributed by atoms with Gasteiger partial charge in [0.1, 0.15) is 0 Å². The molecule has 0 unspecified atom stereocenters. The monoisotopic (exact) mass is 381 g/mol. The standard InChI is InChI=1S/C21H39N3O3/c1-4-19(5-2)24(15-16-27-3)20(25)17-22-11-13-23(14-12-22)21(26)18-9-7-6-8-10-18/h18-19H,4-17H2,1-3H3. The number of nitrogens with zero attached hydrogens (tertiary/aromatic N) is 3. The largest absolute Gasteiger partial charge is 0.383 e. The molecule has 0 atom stereocenters. The summed E-state index contributed by atoms with van der Waals surface area (Å²) in [7, 11) is 1.68. The Labute approximate surface area is 165 Å². The van der Waals surface area contributed by atoms with Crippen molar-refractivity contribution in [3.63, 3.8) is 0 Å². The maximum Gasteiger partial charge on any atom is 0.237 e. The van der Waals surface area contributed by atoms with E-state index in [2.05, 4.69) is 18.7 Å². The van der Waals surface area contributed by atoms with Gasteiger partial charge in [-0.15, -0.1) is 0 Å². The van der Waals surface area contributed by atoms with E-state index in [4.69, 9.17) is 4.74 Å². The van der Waals surface area contributed by atoms with Crippen LogP contribution in [0.15, 0.2) is 0 Å². The third-order valence-corrected chi connectivity index (χ3v) is 6.24. The van der Waals surface area contributed by atoms with Gasteiger partial charge in [-0.25, -0.2) is 0 Å². The second-order valence-electron chi connectivity index (χ2n) is 7.99. The van der Waals surface area contributed by atoms with Gasteiger partial charge in [0.2, 0.25) is 11.8 Å². The van der Waals surface area contributed by atoms with E-state index in [9.17, 15) is 9.59 Å². The Balaban J connectivity index is 1.82. The molecule has 1 saturated carbocycles. The molecular weight excluding hydrogens is 342 g/mol. The number of amides is 2. The molecule has 0 aromatic rings. The molecule has 0 aromatic heterocycles. The van der Waals surface area contributed by atoms with Crippen molar-refractivity contribution in [1.82, 2.24) is 14.7 Å². The van der Waals surface area contributed by atoms with E-state index in [0.717, 1.165) is 51.9 Å². The van der Waals surface area contributed by atoms with Crippen molar-refractivity contribution in [2.75, 3.05) is 53.0 Å². The summed E-state index contributed by atoms with van der Waals surface area (Å²) in [6, 6.07) is 0.279. The molecule has 1 heterocycles. The van der Waals surface area contributed by atoms with E-state index >= 15 is 0 Å². The van der Waals surface area contributed by atoms with Gasteiger partial charge in [-0.1, -0.05) is 33.1 Å². The minimum atomic E-state index is 0.188. The molecule has 0 bridgehead atoms. The molecule has 1 aliphatic carbocycles. The van der Waals surface area contributed by atoms with Crippen LogP contribution >= 0.6 is 0 Å². The highest BCUT2D eigenvalue weighted by atomic mass is 16.5. The quantitative estimate of drug-likeness (QED) is 0.615. The summed E-state index contributed by atoms with van der Waals surface area (Å²) < 4.78 is 5.20. The number of piperazine rings is 1. The molecule has 0 aromatic carbocycles. The first-order valence-corrected chi connectivity index (χ1v) is 10.9. The number of hydrogen-bond acceptors (Lipinski definition) is 4. The van der Waals surface area contributed by atoms with E-state index in [1.54, 1.807) is 7.11 Å². The predicted molar refractivity (Wildman–Crippen MR) is 108 cm³/mol. The number of ether oxygens (including phenoxy) is 1. The predicted octanol–water partition coefficient (Wildman–Crippen LogP) is 2.37. The van der Waals surface area contributed by atoms with Crippen molar-refractivity contribution in [3.05, 3.63) is 0 Å². The van der Waals surface area contributed by atoms with Crippen LogP contribution in [-0.2, 0) is 14.3 Å². The summed E-state index contributed by atoms with van der Waals surface area (Å²) >= 11 is 0. The zero-order chi connectivity index (χ0) is 19.6. The van der Waals surface area contributed by atoms with Crippen molar-refractivity contribution in [1.29, 1.82) is 0 Å². The summed E-state index contributed by atoms with van der Waals surface area (Å²) in [4.78, 5) is 31.8.